The number of hydrogen-bond donors (Lipinski definition) is 1. The summed E-state index contributed by atoms with van der Waals surface area (Å²) in [5, 5.41) is 4.51. The van der Waals surface area contributed by atoms with E-state index in [-0.39, 0.29) is 4.70 Å². The molecule has 0 saturated heterocycles. The first-order valence-corrected chi connectivity index (χ1v) is 7.86. The molecule has 0 spiro atoms. The highest BCUT2D eigenvalue weighted by Gasteiger charge is 2.09. The minimum atomic E-state index is 0. The molecule has 1 N–H and O–H groups in total. The normalized spacial score (nSPS) is 10.4. The van der Waals surface area contributed by atoms with Crippen molar-refractivity contribution in [3.05, 3.63) is 53.6 Å². The Hall–Kier alpha value is -1.94. The van der Waals surface area contributed by atoms with E-state index in [4.69, 9.17) is 0 Å². The van der Waals surface area contributed by atoms with E-state index in [9.17, 15) is 0 Å². The highest BCUT2D eigenvalue weighted by atomic mass is 32.1. The van der Waals surface area contributed by atoms with Crippen LogP contribution in [0.5, 0.6) is 0 Å². The summed E-state index contributed by atoms with van der Waals surface area (Å²) in [5.74, 6) is 0. The first kappa shape index (κ1) is 15.4. The average molecular weight is 302 g/mol. The second-order valence-corrected chi connectivity index (χ2v) is 5.80. The summed E-state index contributed by atoms with van der Waals surface area (Å²) in [4.78, 5) is 4.67. The van der Waals surface area contributed by atoms with Gasteiger partial charge in [0.25, 0.3) is 0 Å². The minimum absolute atomic E-state index is 0. The molecule has 3 aromatic rings. The first-order valence-electron chi connectivity index (χ1n) is 7.05. The van der Waals surface area contributed by atoms with Crippen molar-refractivity contribution in [1.82, 2.24) is 4.98 Å². The molecule has 0 atom stereocenters. The number of anilines is 2. The smallest absolute Gasteiger partial charge is 0.188 e. The van der Waals surface area contributed by atoms with Gasteiger partial charge in [-0.2, -0.15) is 0 Å². The van der Waals surface area contributed by atoms with Gasteiger partial charge in [0, 0.05) is 5.69 Å². The predicted octanol–water partition coefficient (Wildman–Crippen LogP) is 5.32. The molecule has 2 aromatic carbocycles. The van der Waals surface area contributed by atoms with Gasteiger partial charge in [-0.25, -0.2) is 4.98 Å². The fourth-order valence-electron chi connectivity index (χ4n) is 2.44. The Morgan fingerprint density at radius 2 is 1.62 bits per heavy atom. The molecular weight excluding hydrogens is 283 g/mol. The third kappa shape index (κ3) is 3.05. The highest BCUT2D eigenvalue weighted by Crippen LogP contribution is 2.31. The molecule has 0 aliphatic carbocycles. The molecule has 0 saturated carbocycles. The van der Waals surface area contributed by atoms with Crippen LogP contribution in [0.1, 0.15) is 25.0 Å². The summed E-state index contributed by atoms with van der Waals surface area (Å²) in [6.07, 6.45) is 2.06. The molecule has 0 amide bonds. The van der Waals surface area contributed by atoms with Crippen LogP contribution in [0.4, 0.5) is 15.5 Å². The molecule has 0 aliphatic rings. The summed E-state index contributed by atoms with van der Waals surface area (Å²) in [7, 11) is 0. The zero-order valence-corrected chi connectivity index (χ0v) is 13.0. The van der Waals surface area contributed by atoms with Crippen LogP contribution in [0.15, 0.2) is 42.5 Å². The first-order chi connectivity index (χ1) is 9.81. The number of thiazole rings is 1. The number of nitrogens with one attached hydrogen (secondary N) is 1. The minimum Gasteiger partial charge on any atom is -0.331 e. The largest absolute Gasteiger partial charge is 0.331 e. The molecule has 0 fully saturated rings. The predicted molar refractivity (Wildman–Crippen MR) is 90.6 cm³/mol. The van der Waals surface area contributed by atoms with E-state index in [2.05, 4.69) is 60.5 Å². The van der Waals surface area contributed by atoms with Gasteiger partial charge in [-0.3, -0.25) is 4.70 Å². The molecule has 3 rings (SSSR count). The molecule has 4 heteroatoms. The van der Waals surface area contributed by atoms with Gasteiger partial charge in [0.05, 0.1) is 10.2 Å². The zero-order valence-electron chi connectivity index (χ0n) is 12.2. The quantitative estimate of drug-likeness (QED) is 0.705. The third-order valence-electron chi connectivity index (χ3n) is 3.52. The van der Waals surface area contributed by atoms with Crippen LogP contribution in [-0.4, -0.2) is 4.98 Å². The Balaban J connectivity index is 0.00000161. The number of hydrogen-bond acceptors (Lipinski definition) is 3. The lowest BCUT2D eigenvalue weighted by molar-refractivity contribution is 1.09. The number of halogens is 1. The highest BCUT2D eigenvalue weighted by molar-refractivity contribution is 7.22. The fraction of sp³-hybridized carbons (Fsp3) is 0.235. The van der Waals surface area contributed by atoms with Crippen LogP contribution in [0, 0.1) is 0 Å². The van der Waals surface area contributed by atoms with E-state index in [0.717, 1.165) is 23.5 Å². The number of fused-ring (bicyclic) bond motifs is 1. The van der Waals surface area contributed by atoms with Gasteiger partial charge in [-0.05, 0) is 36.1 Å². The lowest BCUT2D eigenvalue weighted by atomic mass is 10.0. The van der Waals surface area contributed by atoms with Gasteiger partial charge in [-0.1, -0.05) is 55.5 Å². The zero-order chi connectivity index (χ0) is 13.9. The molecule has 21 heavy (non-hydrogen) atoms. The van der Waals surface area contributed by atoms with E-state index in [1.807, 2.05) is 6.07 Å². The summed E-state index contributed by atoms with van der Waals surface area (Å²) in [6.45, 7) is 4.39. The molecule has 0 radical (unpaired) electrons. The van der Waals surface area contributed by atoms with Crippen LogP contribution in [-0.2, 0) is 12.8 Å². The van der Waals surface area contributed by atoms with Crippen molar-refractivity contribution in [3.63, 3.8) is 0 Å². The summed E-state index contributed by atoms with van der Waals surface area (Å²) >= 11 is 1.71. The van der Waals surface area contributed by atoms with E-state index in [1.165, 1.54) is 21.5 Å². The van der Waals surface area contributed by atoms with E-state index in [0.29, 0.717) is 0 Å². The maximum absolute atomic E-state index is 4.67. The lowest BCUT2D eigenvalue weighted by Gasteiger charge is -2.13. The van der Waals surface area contributed by atoms with Gasteiger partial charge < -0.3 is 5.32 Å². The second-order valence-electron chi connectivity index (χ2n) is 4.77. The Labute approximate surface area is 128 Å². The molecular formula is C17H19FN2S. The van der Waals surface area contributed by atoms with Gasteiger partial charge in [-0.15, -0.1) is 0 Å². The molecule has 0 aliphatic heterocycles. The van der Waals surface area contributed by atoms with Gasteiger partial charge in [0.2, 0.25) is 0 Å². The summed E-state index contributed by atoms with van der Waals surface area (Å²) < 4.78 is 1.22. The Bertz CT molecular complexity index is 681. The monoisotopic (exact) mass is 302 g/mol. The van der Waals surface area contributed by atoms with Gasteiger partial charge >= 0.3 is 0 Å². The molecule has 2 nitrogen and oxygen atoms in total. The van der Waals surface area contributed by atoms with E-state index >= 15 is 0 Å². The average Bonchev–Trinajstić information content (AvgIpc) is 2.89. The third-order valence-corrected chi connectivity index (χ3v) is 4.48. The standard InChI is InChI=1S/C17H18N2S.FH/c1-3-12-8-7-9-13(4-2)16(12)19-17-18-14-10-5-6-11-15(14)20-17;/h5-11H,3-4H2,1-2H3,(H,18,19);1H. The molecule has 110 valence electrons. The molecule has 1 heterocycles. The van der Waals surface area contributed by atoms with Crippen LogP contribution in [0.2, 0.25) is 0 Å². The van der Waals surface area contributed by atoms with E-state index < -0.39 is 0 Å². The number of nitrogens with zero attached hydrogens (tertiary/aromatic N) is 1. The number of rotatable bonds is 4. The number of aryl methyl sites for hydroxylation is 2. The lowest BCUT2D eigenvalue weighted by Crippen LogP contribution is -1.99. The SMILES string of the molecule is CCc1cccc(CC)c1Nc1nc2ccccc2s1.F. The second kappa shape index (κ2) is 6.68. The molecule has 0 unspecified atom stereocenters. The van der Waals surface area contributed by atoms with Crippen LogP contribution in [0.3, 0.4) is 0 Å². The number of benzene rings is 2. The Morgan fingerprint density at radius 1 is 0.952 bits per heavy atom. The maximum atomic E-state index is 4.67. The van der Waals surface area contributed by atoms with Crippen molar-refractivity contribution in [2.24, 2.45) is 0 Å². The summed E-state index contributed by atoms with van der Waals surface area (Å²) in [5.41, 5.74) is 5.00. The van der Waals surface area contributed by atoms with Crippen LogP contribution >= 0.6 is 11.3 Å². The molecule has 0 bridgehead atoms. The summed E-state index contributed by atoms with van der Waals surface area (Å²) in [6, 6.07) is 14.8. The number of aromatic nitrogens is 1. The van der Waals surface area contributed by atoms with Crippen molar-refractivity contribution in [1.29, 1.82) is 0 Å². The van der Waals surface area contributed by atoms with Gasteiger partial charge in [0.1, 0.15) is 0 Å². The molecule has 1 aromatic heterocycles. The topological polar surface area (TPSA) is 24.9 Å². The number of para-hydroxylation sites is 2. The van der Waals surface area contributed by atoms with Crippen LogP contribution in [0.25, 0.3) is 10.2 Å². The van der Waals surface area contributed by atoms with Crippen molar-refractivity contribution in [2.75, 3.05) is 5.32 Å². The Kier molecular flexibility index (Phi) is 4.91. The van der Waals surface area contributed by atoms with Crippen molar-refractivity contribution in [3.8, 4) is 0 Å². The van der Waals surface area contributed by atoms with E-state index in [1.54, 1.807) is 11.3 Å². The van der Waals surface area contributed by atoms with Crippen molar-refractivity contribution >= 4 is 32.4 Å². The van der Waals surface area contributed by atoms with Crippen molar-refractivity contribution < 1.29 is 4.70 Å². The van der Waals surface area contributed by atoms with Crippen molar-refractivity contribution in [2.45, 2.75) is 26.7 Å². The van der Waals surface area contributed by atoms with Gasteiger partial charge in [0.15, 0.2) is 5.13 Å². The van der Waals surface area contributed by atoms with Crippen LogP contribution < -0.4 is 5.32 Å². The fourth-order valence-corrected chi connectivity index (χ4v) is 3.31. The maximum Gasteiger partial charge on any atom is 0.188 e. The Morgan fingerprint density at radius 3 is 2.24 bits per heavy atom.